The lowest BCUT2D eigenvalue weighted by Crippen LogP contribution is -2.31. The molecule has 2 heterocycles. The fourth-order valence-corrected chi connectivity index (χ4v) is 1.23. The van der Waals surface area contributed by atoms with E-state index in [0.29, 0.717) is 0 Å². The van der Waals surface area contributed by atoms with Crippen molar-refractivity contribution in [3.8, 4) is 0 Å². The summed E-state index contributed by atoms with van der Waals surface area (Å²) in [6.45, 7) is 3.51. The van der Waals surface area contributed by atoms with E-state index < -0.39 is 0 Å². The molecule has 2 aliphatic heterocycles. The molecule has 0 aromatic heterocycles. The van der Waals surface area contributed by atoms with Crippen LogP contribution in [0.4, 0.5) is 4.79 Å². The van der Waals surface area contributed by atoms with Crippen LogP contribution in [0.25, 0.3) is 0 Å². The third-order valence-corrected chi connectivity index (χ3v) is 1.88. The van der Waals surface area contributed by atoms with Crippen LogP contribution in [0.1, 0.15) is 6.92 Å². The quantitative estimate of drug-likeness (QED) is 0.513. The monoisotopic (exact) mass is 142 g/mol. The second-order valence-electron chi connectivity index (χ2n) is 2.66. The zero-order valence-corrected chi connectivity index (χ0v) is 5.83. The maximum Gasteiger partial charge on any atom is 0.319 e. The Labute approximate surface area is 59.1 Å². The van der Waals surface area contributed by atoms with Crippen molar-refractivity contribution in [3.63, 3.8) is 0 Å². The van der Waals surface area contributed by atoms with Gasteiger partial charge in [0.15, 0.2) is 6.23 Å². The summed E-state index contributed by atoms with van der Waals surface area (Å²) < 4.78 is 5.14. The van der Waals surface area contributed by atoms with E-state index in [1.165, 1.54) is 0 Å². The largest absolute Gasteiger partial charge is 0.348 e. The molecule has 2 atom stereocenters. The third kappa shape index (κ3) is 0.759. The van der Waals surface area contributed by atoms with Crippen molar-refractivity contribution in [1.82, 2.24) is 10.2 Å². The van der Waals surface area contributed by atoms with Crippen LogP contribution in [-0.4, -0.2) is 36.4 Å². The first-order chi connectivity index (χ1) is 4.79. The summed E-state index contributed by atoms with van der Waals surface area (Å²) in [4.78, 5) is 12.7. The number of epoxide rings is 1. The molecule has 0 aromatic carbocycles. The van der Waals surface area contributed by atoms with Crippen molar-refractivity contribution in [2.45, 2.75) is 19.3 Å². The van der Waals surface area contributed by atoms with E-state index in [2.05, 4.69) is 5.32 Å². The highest BCUT2D eigenvalue weighted by atomic mass is 16.6. The number of carbonyl (C=O) groups excluding carboxylic acids is 1. The molecule has 10 heavy (non-hydrogen) atoms. The van der Waals surface area contributed by atoms with Crippen LogP contribution in [0.5, 0.6) is 0 Å². The topological polar surface area (TPSA) is 44.9 Å². The second kappa shape index (κ2) is 1.85. The Balaban J connectivity index is 1.98. The fourth-order valence-electron chi connectivity index (χ4n) is 1.23. The van der Waals surface area contributed by atoms with Crippen LogP contribution in [-0.2, 0) is 4.74 Å². The van der Waals surface area contributed by atoms with Crippen molar-refractivity contribution >= 4 is 6.03 Å². The number of nitrogens with zero attached hydrogens (tertiary/aromatic N) is 1. The van der Waals surface area contributed by atoms with Crippen molar-refractivity contribution < 1.29 is 9.53 Å². The lowest BCUT2D eigenvalue weighted by molar-refractivity contribution is 0.189. The van der Waals surface area contributed by atoms with Gasteiger partial charge in [-0.25, -0.2) is 4.79 Å². The Hall–Kier alpha value is -0.770. The molecule has 2 unspecified atom stereocenters. The van der Waals surface area contributed by atoms with E-state index in [9.17, 15) is 4.79 Å². The van der Waals surface area contributed by atoms with E-state index >= 15 is 0 Å². The summed E-state index contributed by atoms with van der Waals surface area (Å²) in [6, 6.07) is 0.00866. The van der Waals surface area contributed by atoms with Gasteiger partial charge in [0.2, 0.25) is 0 Å². The smallest absolute Gasteiger partial charge is 0.319 e. The van der Waals surface area contributed by atoms with Gasteiger partial charge in [-0.3, -0.25) is 4.90 Å². The van der Waals surface area contributed by atoms with Crippen LogP contribution in [0.2, 0.25) is 0 Å². The van der Waals surface area contributed by atoms with E-state index in [4.69, 9.17) is 4.74 Å². The van der Waals surface area contributed by atoms with Crippen LogP contribution in [0.3, 0.4) is 0 Å². The predicted octanol–water partition coefficient (Wildman–Crippen LogP) is -0.244. The zero-order chi connectivity index (χ0) is 7.14. The van der Waals surface area contributed by atoms with E-state index in [1.807, 2.05) is 6.92 Å². The first kappa shape index (κ1) is 5.97. The molecule has 2 saturated heterocycles. The first-order valence-corrected chi connectivity index (χ1v) is 3.49. The Morgan fingerprint density at radius 1 is 1.80 bits per heavy atom. The summed E-state index contributed by atoms with van der Waals surface area (Å²) in [6.07, 6.45) is 0.298. The molecule has 4 nitrogen and oxygen atoms in total. The van der Waals surface area contributed by atoms with E-state index in [1.54, 1.807) is 4.90 Å². The van der Waals surface area contributed by atoms with Gasteiger partial charge in [0.25, 0.3) is 0 Å². The molecule has 0 bridgehead atoms. The van der Waals surface area contributed by atoms with Gasteiger partial charge in [0.1, 0.15) is 6.10 Å². The number of hydrogen-bond donors (Lipinski definition) is 1. The number of carbonyl (C=O) groups is 1. The normalized spacial score (nSPS) is 38.1. The molecule has 2 rings (SSSR count). The zero-order valence-electron chi connectivity index (χ0n) is 5.83. The predicted molar refractivity (Wildman–Crippen MR) is 34.4 cm³/mol. The highest BCUT2D eigenvalue weighted by Crippen LogP contribution is 2.25. The average molecular weight is 142 g/mol. The van der Waals surface area contributed by atoms with E-state index in [-0.39, 0.29) is 18.4 Å². The van der Waals surface area contributed by atoms with Crippen molar-refractivity contribution in [2.24, 2.45) is 0 Å². The van der Waals surface area contributed by atoms with Crippen molar-refractivity contribution in [2.75, 3.05) is 13.1 Å². The number of rotatable bonds is 1. The first-order valence-electron chi connectivity index (χ1n) is 3.49. The number of urea groups is 1. The maximum atomic E-state index is 10.9. The maximum absolute atomic E-state index is 10.9. The summed E-state index contributed by atoms with van der Waals surface area (Å²) in [5, 5.41) is 2.72. The number of amides is 2. The molecule has 4 heteroatoms. The number of ether oxygens (including phenoxy) is 1. The molecule has 0 radical (unpaired) electrons. The lowest BCUT2D eigenvalue weighted by Gasteiger charge is -2.08. The van der Waals surface area contributed by atoms with Crippen molar-refractivity contribution in [1.29, 1.82) is 0 Å². The molecule has 0 spiro atoms. The molecule has 0 saturated carbocycles. The molecule has 2 aliphatic rings. The summed E-state index contributed by atoms with van der Waals surface area (Å²) in [5.41, 5.74) is 0. The van der Waals surface area contributed by atoms with Gasteiger partial charge in [-0.15, -0.1) is 0 Å². The van der Waals surface area contributed by atoms with Gasteiger partial charge in [-0.05, 0) is 6.92 Å². The summed E-state index contributed by atoms with van der Waals surface area (Å²) >= 11 is 0. The Kier molecular flexibility index (Phi) is 1.11. The minimum absolute atomic E-state index is 0.00866. The molecular weight excluding hydrogens is 132 g/mol. The highest BCUT2D eigenvalue weighted by Gasteiger charge is 2.43. The summed E-state index contributed by atoms with van der Waals surface area (Å²) in [5.74, 6) is 0. The minimum atomic E-state index is 0.00866. The second-order valence-corrected chi connectivity index (χ2v) is 2.66. The van der Waals surface area contributed by atoms with Crippen molar-refractivity contribution in [3.05, 3.63) is 0 Å². The molecular formula is C6H10N2O2. The van der Waals surface area contributed by atoms with Crippen LogP contribution in [0.15, 0.2) is 0 Å². The summed E-state index contributed by atoms with van der Waals surface area (Å²) in [7, 11) is 0. The molecule has 2 fully saturated rings. The van der Waals surface area contributed by atoms with Crippen LogP contribution in [0, 0.1) is 0 Å². The SMILES string of the molecule is CC1OC1N1CCNC1=O. The lowest BCUT2D eigenvalue weighted by atomic mass is 10.4. The Morgan fingerprint density at radius 2 is 2.50 bits per heavy atom. The molecule has 0 aliphatic carbocycles. The Bertz CT molecular complexity index is 171. The minimum Gasteiger partial charge on any atom is -0.348 e. The van der Waals surface area contributed by atoms with Crippen LogP contribution < -0.4 is 5.32 Å². The third-order valence-electron chi connectivity index (χ3n) is 1.88. The number of nitrogens with one attached hydrogen (secondary N) is 1. The van der Waals surface area contributed by atoms with Gasteiger partial charge >= 0.3 is 6.03 Å². The molecule has 2 amide bonds. The van der Waals surface area contributed by atoms with Gasteiger partial charge in [0, 0.05) is 13.1 Å². The van der Waals surface area contributed by atoms with Crippen LogP contribution >= 0.6 is 0 Å². The fraction of sp³-hybridized carbons (Fsp3) is 0.833. The standard InChI is InChI=1S/C6H10N2O2/c1-4-5(10-4)8-3-2-7-6(8)9/h4-5H,2-3H2,1H3,(H,7,9). The van der Waals surface area contributed by atoms with Gasteiger partial charge < -0.3 is 10.1 Å². The Morgan fingerprint density at radius 3 is 2.90 bits per heavy atom. The highest BCUT2D eigenvalue weighted by molar-refractivity contribution is 5.76. The average Bonchev–Trinajstić information content (AvgIpc) is 2.42. The van der Waals surface area contributed by atoms with Gasteiger partial charge in [0.05, 0.1) is 0 Å². The molecule has 1 N–H and O–H groups in total. The van der Waals surface area contributed by atoms with E-state index in [0.717, 1.165) is 13.1 Å². The molecule has 0 aromatic rings. The van der Waals surface area contributed by atoms with Gasteiger partial charge in [-0.1, -0.05) is 0 Å². The molecule has 56 valence electrons. The van der Waals surface area contributed by atoms with Gasteiger partial charge in [-0.2, -0.15) is 0 Å². The number of hydrogen-bond acceptors (Lipinski definition) is 2.